The second kappa shape index (κ2) is 7.52. The minimum Gasteiger partial charge on any atom is -0.408 e. The number of nitrogens with one attached hydrogen (secondary N) is 1. The predicted octanol–water partition coefficient (Wildman–Crippen LogP) is 3.20. The molecule has 1 N–H and O–H groups in total. The van der Waals surface area contributed by atoms with Crippen molar-refractivity contribution in [1.29, 1.82) is 0 Å². The first kappa shape index (κ1) is 17.7. The molecule has 0 aliphatic rings. The maximum atomic E-state index is 12.8. The maximum Gasteiger partial charge on any atom is 0.420 e. The van der Waals surface area contributed by atoms with E-state index in [2.05, 4.69) is 10.3 Å². The SMILES string of the molecule is Cc1ccccc1C(NC(=O)Cn1c(=O)oc2ccccc21)c1ccncc1. The van der Waals surface area contributed by atoms with Crippen molar-refractivity contribution in [3.05, 3.63) is 100 Å². The molecule has 0 saturated carbocycles. The number of oxazole rings is 1. The van der Waals surface area contributed by atoms with Crippen molar-refractivity contribution in [3.63, 3.8) is 0 Å². The number of hydrogen-bond donors (Lipinski definition) is 1. The molecule has 0 fully saturated rings. The number of aryl methyl sites for hydroxylation is 1. The van der Waals surface area contributed by atoms with Gasteiger partial charge in [-0.05, 0) is 47.9 Å². The Morgan fingerprint density at radius 2 is 1.79 bits per heavy atom. The van der Waals surface area contributed by atoms with Crippen molar-refractivity contribution in [2.45, 2.75) is 19.5 Å². The van der Waals surface area contributed by atoms with E-state index in [0.717, 1.165) is 16.7 Å². The number of aromatic nitrogens is 2. The molecule has 0 spiro atoms. The van der Waals surface area contributed by atoms with Crippen molar-refractivity contribution in [2.75, 3.05) is 0 Å². The summed E-state index contributed by atoms with van der Waals surface area (Å²) in [7, 11) is 0. The third-order valence-corrected chi connectivity index (χ3v) is 4.72. The van der Waals surface area contributed by atoms with Gasteiger partial charge in [-0.1, -0.05) is 36.4 Å². The largest absolute Gasteiger partial charge is 0.420 e. The van der Waals surface area contributed by atoms with Crippen LogP contribution >= 0.6 is 0 Å². The molecule has 6 nitrogen and oxygen atoms in total. The lowest BCUT2D eigenvalue weighted by Crippen LogP contribution is -2.34. The van der Waals surface area contributed by atoms with Crippen LogP contribution < -0.4 is 11.1 Å². The van der Waals surface area contributed by atoms with E-state index in [1.165, 1.54) is 4.57 Å². The lowest BCUT2D eigenvalue weighted by atomic mass is 9.95. The van der Waals surface area contributed by atoms with Crippen molar-refractivity contribution in [1.82, 2.24) is 14.9 Å². The number of nitrogens with zero attached hydrogens (tertiary/aromatic N) is 2. The molecule has 2 aromatic heterocycles. The molecule has 0 saturated heterocycles. The zero-order valence-electron chi connectivity index (χ0n) is 15.3. The Kier molecular flexibility index (Phi) is 4.76. The maximum absolute atomic E-state index is 12.8. The molecule has 0 aliphatic carbocycles. The molecule has 28 heavy (non-hydrogen) atoms. The van der Waals surface area contributed by atoms with Gasteiger partial charge in [-0.3, -0.25) is 14.3 Å². The number of amides is 1. The highest BCUT2D eigenvalue weighted by molar-refractivity contribution is 5.80. The quantitative estimate of drug-likeness (QED) is 0.583. The van der Waals surface area contributed by atoms with Crippen LogP contribution in [0.1, 0.15) is 22.7 Å². The first-order valence-corrected chi connectivity index (χ1v) is 8.96. The van der Waals surface area contributed by atoms with Crippen LogP contribution in [0.2, 0.25) is 0 Å². The third kappa shape index (κ3) is 3.44. The number of pyridine rings is 1. The van der Waals surface area contributed by atoms with Crippen LogP contribution in [0, 0.1) is 6.92 Å². The Balaban J connectivity index is 1.65. The predicted molar refractivity (Wildman–Crippen MR) is 106 cm³/mol. The molecule has 4 rings (SSSR count). The Morgan fingerprint density at radius 1 is 1.07 bits per heavy atom. The lowest BCUT2D eigenvalue weighted by Gasteiger charge is -2.21. The fourth-order valence-corrected chi connectivity index (χ4v) is 3.32. The van der Waals surface area contributed by atoms with Crippen molar-refractivity contribution in [2.24, 2.45) is 0 Å². The number of carbonyl (C=O) groups is 1. The molecular weight excluding hydrogens is 354 g/mol. The summed E-state index contributed by atoms with van der Waals surface area (Å²) >= 11 is 0. The van der Waals surface area contributed by atoms with Crippen LogP contribution in [0.5, 0.6) is 0 Å². The van der Waals surface area contributed by atoms with Crippen molar-refractivity contribution in [3.8, 4) is 0 Å². The second-order valence-electron chi connectivity index (χ2n) is 6.56. The Hall–Kier alpha value is -3.67. The molecule has 0 radical (unpaired) electrons. The molecule has 0 aliphatic heterocycles. The van der Waals surface area contributed by atoms with Gasteiger partial charge in [0.05, 0.1) is 11.6 Å². The summed E-state index contributed by atoms with van der Waals surface area (Å²) in [4.78, 5) is 29.1. The standard InChI is InChI=1S/C22H19N3O3/c1-15-6-2-3-7-17(15)21(16-10-12-23-13-11-16)24-20(26)14-25-18-8-4-5-9-19(18)28-22(25)27/h2-13,21H,14H2,1H3,(H,24,26). The average molecular weight is 373 g/mol. The molecule has 140 valence electrons. The molecule has 1 unspecified atom stereocenters. The van der Waals surface area contributed by atoms with E-state index >= 15 is 0 Å². The van der Waals surface area contributed by atoms with E-state index in [1.54, 1.807) is 36.7 Å². The van der Waals surface area contributed by atoms with Crippen LogP contribution in [0.3, 0.4) is 0 Å². The van der Waals surface area contributed by atoms with Crippen LogP contribution in [-0.2, 0) is 11.3 Å². The van der Waals surface area contributed by atoms with E-state index in [1.807, 2.05) is 43.3 Å². The number of para-hydroxylation sites is 2. The second-order valence-corrected chi connectivity index (χ2v) is 6.56. The molecular formula is C22H19N3O3. The van der Waals surface area contributed by atoms with Gasteiger partial charge >= 0.3 is 5.76 Å². The van der Waals surface area contributed by atoms with Crippen molar-refractivity contribution < 1.29 is 9.21 Å². The topological polar surface area (TPSA) is 77.1 Å². The highest BCUT2D eigenvalue weighted by atomic mass is 16.4. The van der Waals surface area contributed by atoms with E-state index in [9.17, 15) is 9.59 Å². The number of fused-ring (bicyclic) bond motifs is 1. The van der Waals surface area contributed by atoms with Gasteiger partial charge in [-0.25, -0.2) is 4.79 Å². The van der Waals surface area contributed by atoms with Gasteiger partial charge in [0.2, 0.25) is 5.91 Å². The van der Waals surface area contributed by atoms with E-state index in [0.29, 0.717) is 11.1 Å². The zero-order valence-corrected chi connectivity index (χ0v) is 15.3. The van der Waals surface area contributed by atoms with Crippen LogP contribution in [0.15, 0.2) is 82.3 Å². The van der Waals surface area contributed by atoms with Gasteiger partial charge in [0.15, 0.2) is 5.58 Å². The lowest BCUT2D eigenvalue weighted by molar-refractivity contribution is -0.122. The van der Waals surface area contributed by atoms with Crippen LogP contribution in [0.4, 0.5) is 0 Å². The van der Waals surface area contributed by atoms with Gasteiger partial charge in [-0.15, -0.1) is 0 Å². The van der Waals surface area contributed by atoms with E-state index in [4.69, 9.17) is 4.42 Å². The number of hydrogen-bond acceptors (Lipinski definition) is 4. The van der Waals surface area contributed by atoms with Gasteiger partial charge < -0.3 is 9.73 Å². The van der Waals surface area contributed by atoms with Gasteiger partial charge in [-0.2, -0.15) is 0 Å². The normalized spacial score (nSPS) is 12.0. The zero-order chi connectivity index (χ0) is 19.5. The summed E-state index contributed by atoms with van der Waals surface area (Å²) in [6.45, 7) is 1.88. The summed E-state index contributed by atoms with van der Waals surface area (Å²) < 4.78 is 6.55. The monoisotopic (exact) mass is 373 g/mol. The average Bonchev–Trinajstić information content (AvgIpc) is 3.03. The number of benzene rings is 2. The number of rotatable bonds is 5. The minimum absolute atomic E-state index is 0.122. The fourth-order valence-electron chi connectivity index (χ4n) is 3.32. The summed E-state index contributed by atoms with van der Waals surface area (Å²) in [5, 5.41) is 3.05. The molecule has 6 heteroatoms. The fraction of sp³-hybridized carbons (Fsp3) is 0.136. The summed E-state index contributed by atoms with van der Waals surface area (Å²) in [5.41, 5.74) is 4.04. The van der Waals surface area contributed by atoms with E-state index in [-0.39, 0.29) is 18.5 Å². The summed E-state index contributed by atoms with van der Waals surface area (Å²) in [6, 6.07) is 18.3. The minimum atomic E-state index is -0.548. The molecule has 1 atom stereocenters. The highest BCUT2D eigenvalue weighted by Crippen LogP contribution is 2.24. The molecule has 4 aromatic rings. The Morgan fingerprint density at radius 3 is 2.57 bits per heavy atom. The first-order valence-electron chi connectivity index (χ1n) is 8.96. The highest BCUT2D eigenvalue weighted by Gasteiger charge is 2.20. The summed E-state index contributed by atoms with van der Waals surface area (Å²) in [5.74, 6) is -0.827. The van der Waals surface area contributed by atoms with E-state index < -0.39 is 5.76 Å². The number of carbonyl (C=O) groups excluding carboxylic acids is 1. The molecule has 0 bridgehead atoms. The van der Waals surface area contributed by atoms with Crippen molar-refractivity contribution >= 4 is 17.0 Å². The molecule has 2 aromatic carbocycles. The Bertz CT molecular complexity index is 1180. The summed E-state index contributed by atoms with van der Waals surface area (Å²) in [6.07, 6.45) is 3.39. The van der Waals surface area contributed by atoms with Gasteiger partial charge in [0.1, 0.15) is 6.54 Å². The van der Waals surface area contributed by atoms with Crippen LogP contribution in [-0.4, -0.2) is 15.5 Å². The smallest absolute Gasteiger partial charge is 0.408 e. The molecule has 1 amide bonds. The van der Waals surface area contributed by atoms with Crippen LogP contribution in [0.25, 0.3) is 11.1 Å². The Labute approximate surface area is 161 Å². The van der Waals surface area contributed by atoms with Gasteiger partial charge in [0, 0.05) is 12.4 Å². The first-order chi connectivity index (χ1) is 13.6. The molecule has 2 heterocycles. The van der Waals surface area contributed by atoms with Gasteiger partial charge in [0.25, 0.3) is 0 Å². The third-order valence-electron chi connectivity index (χ3n) is 4.72.